The molecule has 0 aliphatic heterocycles. The summed E-state index contributed by atoms with van der Waals surface area (Å²) in [5, 5.41) is 25.8. The maximum atomic E-state index is 12.6. The highest BCUT2D eigenvalue weighted by atomic mass is 32.2. The number of amides is 1. The van der Waals surface area contributed by atoms with Gasteiger partial charge in [-0.15, -0.1) is 38.3 Å². The zero-order valence-electron chi connectivity index (χ0n) is 18.1. The maximum Gasteiger partial charge on any atom is 0.236 e. The molecule has 0 radical (unpaired) electrons. The van der Waals surface area contributed by atoms with Crippen LogP contribution in [0.1, 0.15) is 43.0 Å². The molecular formula is C23H24N6OS3. The molecule has 1 amide bonds. The van der Waals surface area contributed by atoms with Crippen LogP contribution in [0.3, 0.4) is 0 Å². The predicted molar refractivity (Wildman–Crippen MR) is 136 cm³/mol. The molecule has 10 heteroatoms. The molecule has 4 aromatic rings. The van der Waals surface area contributed by atoms with Crippen LogP contribution in [0.2, 0.25) is 0 Å². The van der Waals surface area contributed by atoms with Gasteiger partial charge in [-0.3, -0.25) is 14.7 Å². The van der Waals surface area contributed by atoms with E-state index in [2.05, 4.69) is 49.8 Å². The minimum atomic E-state index is -0.123. The number of hydrogen-bond acceptors (Lipinski definition) is 8. The molecule has 33 heavy (non-hydrogen) atoms. The van der Waals surface area contributed by atoms with Gasteiger partial charge in [0, 0.05) is 33.5 Å². The van der Waals surface area contributed by atoms with Crippen molar-refractivity contribution in [3.8, 4) is 11.4 Å². The van der Waals surface area contributed by atoms with E-state index >= 15 is 0 Å². The minimum Gasteiger partial charge on any atom is -0.300 e. The lowest BCUT2D eigenvalue weighted by Gasteiger charge is -2.18. The van der Waals surface area contributed by atoms with Crippen LogP contribution in [-0.2, 0) is 11.3 Å². The highest BCUT2D eigenvalue weighted by Gasteiger charge is 2.21. The van der Waals surface area contributed by atoms with E-state index in [1.165, 1.54) is 59.9 Å². The van der Waals surface area contributed by atoms with Gasteiger partial charge in [0.2, 0.25) is 11.0 Å². The molecule has 1 aromatic carbocycles. The normalized spacial score (nSPS) is 14.5. The van der Waals surface area contributed by atoms with Gasteiger partial charge in [0.25, 0.3) is 0 Å². The van der Waals surface area contributed by atoms with Crippen LogP contribution < -0.4 is 5.32 Å². The topological polar surface area (TPSA) is 85.6 Å². The number of aromatic nitrogens is 5. The van der Waals surface area contributed by atoms with Crippen LogP contribution in [-0.4, -0.2) is 36.6 Å². The van der Waals surface area contributed by atoms with Crippen molar-refractivity contribution in [2.45, 2.75) is 49.7 Å². The SMILES string of the molecule is C=CCn1c(SCC(=O)Nc2nnc(C3CCCCC3)s2)nnc1-c1csc2ccccc12. The van der Waals surface area contributed by atoms with Crippen LogP contribution >= 0.6 is 34.4 Å². The summed E-state index contributed by atoms with van der Waals surface area (Å²) in [5.41, 5.74) is 1.05. The Kier molecular flexibility index (Phi) is 6.84. The molecule has 3 heterocycles. The molecule has 3 aromatic heterocycles. The standard InChI is InChI=1S/C23H24N6OS3/c1-2-12-29-20(17-13-31-18-11-7-6-10-16(17)18)25-28-23(29)32-14-19(30)24-22-27-26-21(33-22)15-8-4-3-5-9-15/h2,6-7,10-11,13,15H,1,3-5,8-9,12,14H2,(H,24,27,30). The molecule has 1 fully saturated rings. The zero-order valence-corrected chi connectivity index (χ0v) is 20.5. The van der Waals surface area contributed by atoms with Gasteiger partial charge in [0.15, 0.2) is 11.0 Å². The Bertz CT molecular complexity index is 1270. The maximum absolute atomic E-state index is 12.6. The van der Waals surface area contributed by atoms with Gasteiger partial charge in [-0.1, -0.05) is 66.6 Å². The van der Waals surface area contributed by atoms with Crippen LogP contribution in [0.25, 0.3) is 21.5 Å². The van der Waals surface area contributed by atoms with Crippen molar-refractivity contribution in [3.05, 3.63) is 47.3 Å². The van der Waals surface area contributed by atoms with E-state index in [4.69, 9.17) is 0 Å². The van der Waals surface area contributed by atoms with Crippen LogP contribution in [0.4, 0.5) is 5.13 Å². The number of nitrogens with zero attached hydrogens (tertiary/aromatic N) is 5. The second-order valence-corrected chi connectivity index (χ2v) is 10.8. The van der Waals surface area contributed by atoms with Gasteiger partial charge in [-0.2, -0.15) is 0 Å². The third-order valence-corrected chi connectivity index (χ3v) is 8.66. The largest absolute Gasteiger partial charge is 0.300 e. The molecule has 7 nitrogen and oxygen atoms in total. The van der Waals surface area contributed by atoms with Crippen molar-refractivity contribution in [1.82, 2.24) is 25.0 Å². The average molecular weight is 497 g/mol. The Labute approximate surface area is 204 Å². The number of carbonyl (C=O) groups is 1. The van der Waals surface area contributed by atoms with Gasteiger partial charge in [0.05, 0.1) is 5.75 Å². The van der Waals surface area contributed by atoms with Crippen molar-refractivity contribution in [2.75, 3.05) is 11.1 Å². The van der Waals surface area contributed by atoms with E-state index in [-0.39, 0.29) is 11.7 Å². The van der Waals surface area contributed by atoms with Crippen molar-refractivity contribution in [1.29, 1.82) is 0 Å². The van der Waals surface area contributed by atoms with Crippen LogP contribution in [0, 0.1) is 0 Å². The molecule has 170 valence electrons. The average Bonchev–Trinajstić information content (AvgIpc) is 3.57. The number of benzene rings is 1. The third kappa shape index (κ3) is 4.87. The number of thioether (sulfide) groups is 1. The van der Waals surface area contributed by atoms with Gasteiger partial charge >= 0.3 is 0 Å². The number of rotatable bonds is 8. The lowest BCUT2D eigenvalue weighted by molar-refractivity contribution is -0.113. The van der Waals surface area contributed by atoms with Crippen molar-refractivity contribution < 1.29 is 4.79 Å². The van der Waals surface area contributed by atoms with Crippen molar-refractivity contribution in [3.63, 3.8) is 0 Å². The van der Waals surface area contributed by atoms with Gasteiger partial charge < -0.3 is 0 Å². The smallest absolute Gasteiger partial charge is 0.236 e. The van der Waals surface area contributed by atoms with Crippen LogP contribution in [0.15, 0.2) is 47.5 Å². The number of fused-ring (bicyclic) bond motifs is 1. The molecule has 0 unspecified atom stereocenters. The van der Waals surface area contributed by atoms with E-state index in [1.807, 2.05) is 22.8 Å². The molecule has 1 aliphatic rings. The van der Waals surface area contributed by atoms with Gasteiger partial charge in [-0.25, -0.2) is 0 Å². The molecule has 0 saturated heterocycles. The number of hydrogen-bond donors (Lipinski definition) is 1. The van der Waals surface area contributed by atoms with E-state index in [1.54, 1.807) is 11.3 Å². The summed E-state index contributed by atoms with van der Waals surface area (Å²) in [7, 11) is 0. The Morgan fingerprint density at radius 3 is 2.88 bits per heavy atom. The molecule has 1 N–H and O–H groups in total. The fraction of sp³-hybridized carbons (Fsp3) is 0.348. The van der Waals surface area contributed by atoms with E-state index in [0.29, 0.717) is 22.8 Å². The molecule has 1 aliphatic carbocycles. The number of thiophene rings is 1. The molecule has 5 rings (SSSR count). The molecule has 0 spiro atoms. The fourth-order valence-corrected chi connectivity index (χ4v) is 6.74. The van der Waals surface area contributed by atoms with Crippen molar-refractivity contribution >= 4 is 55.6 Å². The minimum absolute atomic E-state index is 0.123. The first kappa shape index (κ1) is 22.2. The first-order valence-corrected chi connectivity index (χ1v) is 13.7. The Hall–Kier alpha value is -2.56. The van der Waals surface area contributed by atoms with Gasteiger partial charge in [0.1, 0.15) is 5.01 Å². The summed E-state index contributed by atoms with van der Waals surface area (Å²) >= 11 is 4.54. The second kappa shape index (κ2) is 10.1. The fourth-order valence-electron chi connectivity index (χ4n) is 4.12. The van der Waals surface area contributed by atoms with E-state index in [9.17, 15) is 4.79 Å². The van der Waals surface area contributed by atoms with Crippen LogP contribution in [0.5, 0.6) is 0 Å². The number of allylic oxidation sites excluding steroid dienone is 1. The molecule has 0 bridgehead atoms. The lowest BCUT2D eigenvalue weighted by Crippen LogP contribution is -2.14. The summed E-state index contributed by atoms with van der Waals surface area (Å²) in [6.45, 7) is 4.44. The monoisotopic (exact) mass is 496 g/mol. The Morgan fingerprint density at radius 2 is 2.03 bits per heavy atom. The predicted octanol–water partition coefficient (Wildman–Crippen LogP) is 5.98. The first-order valence-electron chi connectivity index (χ1n) is 11.0. The summed E-state index contributed by atoms with van der Waals surface area (Å²) in [5.74, 6) is 1.37. The highest BCUT2D eigenvalue weighted by molar-refractivity contribution is 7.99. The zero-order chi connectivity index (χ0) is 22.6. The molecule has 1 saturated carbocycles. The summed E-state index contributed by atoms with van der Waals surface area (Å²) in [4.78, 5) is 12.6. The Morgan fingerprint density at radius 1 is 1.18 bits per heavy atom. The Balaban J connectivity index is 1.26. The number of carbonyl (C=O) groups excluding carboxylic acids is 1. The van der Waals surface area contributed by atoms with Crippen molar-refractivity contribution in [2.24, 2.45) is 0 Å². The molecular weight excluding hydrogens is 472 g/mol. The molecule has 0 atom stereocenters. The quantitative estimate of drug-likeness (QED) is 0.239. The second-order valence-electron chi connectivity index (χ2n) is 7.97. The highest BCUT2D eigenvalue weighted by Crippen LogP contribution is 2.36. The summed E-state index contributed by atoms with van der Waals surface area (Å²) < 4.78 is 3.21. The van der Waals surface area contributed by atoms with E-state index < -0.39 is 0 Å². The van der Waals surface area contributed by atoms with E-state index in [0.717, 1.165) is 21.8 Å². The third-order valence-electron chi connectivity index (χ3n) is 5.72. The summed E-state index contributed by atoms with van der Waals surface area (Å²) in [6.07, 6.45) is 7.95. The lowest BCUT2D eigenvalue weighted by atomic mass is 9.90. The first-order chi connectivity index (χ1) is 16.2. The summed E-state index contributed by atoms with van der Waals surface area (Å²) in [6, 6.07) is 8.26. The number of anilines is 1. The van der Waals surface area contributed by atoms with Gasteiger partial charge in [-0.05, 0) is 18.9 Å². The number of nitrogens with one attached hydrogen (secondary N) is 1.